The van der Waals surface area contributed by atoms with E-state index < -0.39 is 0 Å². The second-order valence-electron chi connectivity index (χ2n) is 4.16. The molecule has 0 aromatic carbocycles. The average Bonchev–Trinajstić information content (AvgIpc) is 2.16. The molecule has 0 aliphatic carbocycles. The summed E-state index contributed by atoms with van der Waals surface area (Å²) in [6.45, 7) is 6.45. The number of nitrogens with one attached hydrogen (secondary N) is 1. The van der Waals surface area contributed by atoms with Crippen molar-refractivity contribution in [2.45, 2.75) is 38.7 Å². The molecule has 14 heavy (non-hydrogen) atoms. The lowest BCUT2D eigenvalue weighted by Gasteiger charge is -2.22. The number of rotatable bonds is 9. The maximum absolute atomic E-state index is 5.34. The van der Waals surface area contributed by atoms with Crippen molar-refractivity contribution in [1.82, 2.24) is 5.32 Å². The normalized spacial score (nSPS) is 12.0. The van der Waals surface area contributed by atoms with Crippen LogP contribution >= 0.6 is 11.8 Å². The molecule has 3 heteroatoms. The lowest BCUT2D eigenvalue weighted by Crippen LogP contribution is -2.29. The maximum Gasteiger partial charge on any atom is 0.0634 e. The van der Waals surface area contributed by atoms with Crippen LogP contribution in [0.25, 0.3) is 0 Å². The van der Waals surface area contributed by atoms with Gasteiger partial charge in [0.25, 0.3) is 0 Å². The van der Waals surface area contributed by atoms with E-state index in [1.54, 1.807) is 7.11 Å². The molecule has 0 aliphatic rings. The number of hydrogen-bond acceptors (Lipinski definition) is 3. The topological polar surface area (TPSA) is 21.3 Å². The Hall–Kier alpha value is 0.270. The lowest BCUT2D eigenvalue weighted by atomic mass is 10.1. The largest absolute Gasteiger partial charge is 0.379 e. The molecule has 0 saturated heterocycles. The van der Waals surface area contributed by atoms with E-state index >= 15 is 0 Å². The minimum atomic E-state index is 0.0201. The van der Waals surface area contributed by atoms with Crippen molar-refractivity contribution in [3.8, 4) is 0 Å². The monoisotopic (exact) mass is 219 g/mol. The zero-order chi connectivity index (χ0) is 10.9. The molecule has 1 N–H and O–H groups in total. The minimum Gasteiger partial charge on any atom is -0.379 e. The van der Waals surface area contributed by atoms with Gasteiger partial charge in [0.05, 0.1) is 5.60 Å². The molecule has 0 aliphatic heterocycles. The van der Waals surface area contributed by atoms with Crippen LogP contribution in [0.5, 0.6) is 0 Å². The van der Waals surface area contributed by atoms with Crippen molar-refractivity contribution in [1.29, 1.82) is 0 Å². The second kappa shape index (κ2) is 8.57. The summed E-state index contributed by atoms with van der Waals surface area (Å²) < 4.78 is 5.34. The second-order valence-corrected chi connectivity index (χ2v) is 5.15. The molecular weight excluding hydrogens is 194 g/mol. The highest BCUT2D eigenvalue weighted by molar-refractivity contribution is 7.98. The fourth-order valence-corrected chi connectivity index (χ4v) is 1.61. The van der Waals surface area contributed by atoms with Crippen LogP contribution in [0.4, 0.5) is 0 Å². The van der Waals surface area contributed by atoms with Gasteiger partial charge >= 0.3 is 0 Å². The van der Waals surface area contributed by atoms with Gasteiger partial charge in [-0.2, -0.15) is 11.8 Å². The molecule has 0 unspecified atom stereocenters. The van der Waals surface area contributed by atoms with Gasteiger partial charge in [0, 0.05) is 7.11 Å². The maximum atomic E-state index is 5.34. The predicted octanol–water partition coefficient (Wildman–Crippen LogP) is 2.53. The van der Waals surface area contributed by atoms with Gasteiger partial charge in [-0.15, -0.1) is 0 Å². The summed E-state index contributed by atoms with van der Waals surface area (Å²) in [7, 11) is 1.78. The SMILES string of the molecule is COC(C)(C)CCNCCCCSC. The Balaban J connectivity index is 3.13. The molecule has 0 bridgehead atoms. The van der Waals surface area contributed by atoms with Crippen LogP contribution in [0, 0.1) is 0 Å². The standard InChI is InChI=1S/C11H25NOS/c1-11(2,13-3)7-9-12-8-5-6-10-14-4/h12H,5-10H2,1-4H3. The van der Waals surface area contributed by atoms with Crippen LogP contribution in [-0.4, -0.2) is 37.8 Å². The Kier molecular flexibility index (Phi) is 8.73. The summed E-state index contributed by atoms with van der Waals surface area (Å²) in [4.78, 5) is 0. The third kappa shape index (κ3) is 8.85. The molecule has 0 heterocycles. The van der Waals surface area contributed by atoms with Gasteiger partial charge in [0.2, 0.25) is 0 Å². The number of unbranched alkanes of at least 4 members (excludes halogenated alkanes) is 1. The van der Waals surface area contributed by atoms with Crippen molar-refractivity contribution in [3.05, 3.63) is 0 Å². The zero-order valence-corrected chi connectivity index (χ0v) is 10.9. The summed E-state index contributed by atoms with van der Waals surface area (Å²) >= 11 is 1.93. The van der Waals surface area contributed by atoms with Crippen molar-refractivity contribution in [2.75, 3.05) is 32.2 Å². The van der Waals surface area contributed by atoms with Crippen molar-refractivity contribution < 1.29 is 4.74 Å². The first-order chi connectivity index (χ1) is 6.62. The number of ether oxygens (including phenoxy) is 1. The third-order valence-corrected chi connectivity index (χ3v) is 3.11. The Labute approximate surface area is 93.2 Å². The summed E-state index contributed by atoms with van der Waals surface area (Å²) in [5.74, 6) is 1.28. The van der Waals surface area contributed by atoms with Gasteiger partial charge in [0.15, 0.2) is 0 Å². The Morgan fingerprint density at radius 1 is 1.21 bits per heavy atom. The van der Waals surface area contributed by atoms with Gasteiger partial charge in [-0.05, 0) is 58.2 Å². The zero-order valence-electron chi connectivity index (χ0n) is 10.1. The fraction of sp³-hybridized carbons (Fsp3) is 1.00. The molecule has 86 valence electrons. The van der Waals surface area contributed by atoms with Crippen LogP contribution < -0.4 is 5.32 Å². The highest BCUT2D eigenvalue weighted by atomic mass is 32.2. The summed E-state index contributed by atoms with van der Waals surface area (Å²) in [5.41, 5.74) is 0.0201. The molecule has 2 nitrogen and oxygen atoms in total. The number of hydrogen-bond donors (Lipinski definition) is 1. The molecule has 0 aromatic rings. The first-order valence-corrected chi connectivity index (χ1v) is 6.76. The molecule has 0 saturated carbocycles. The smallest absolute Gasteiger partial charge is 0.0634 e. The Bertz CT molecular complexity index is 128. The predicted molar refractivity (Wildman–Crippen MR) is 66.2 cm³/mol. The molecule has 0 fully saturated rings. The van der Waals surface area contributed by atoms with Crippen molar-refractivity contribution in [3.63, 3.8) is 0 Å². The number of methoxy groups -OCH3 is 1. The van der Waals surface area contributed by atoms with Crippen LogP contribution in [0.1, 0.15) is 33.1 Å². The summed E-state index contributed by atoms with van der Waals surface area (Å²) in [5, 5.41) is 3.45. The molecule has 0 amide bonds. The highest BCUT2D eigenvalue weighted by Crippen LogP contribution is 2.11. The van der Waals surface area contributed by atoms with Gasteiger partial charge < -0.3 is 10.1 Å². The number of thioether (sulfide) groups is 1. The average molecular weight is 219 g/mol. The minimum absolute atomic E-state index is 0.0201. The van der Waals surface area contributed by atoms with Gasteiger partial charge in [-0.25, -0.2) is 0 Å². The van der Waals surface area contributed by atoms with E-state index in [1.807, 2.05) is 11.8 Å². The van der Waals surface area contributed by atoms with Gasteiger partial charge in [0.1, 0.15) is 0 Å². The van der Waals surface area contributed by atoms with E-state index in [2.05, 4.69) is 25.4 Å². The first kappa shape index (κ1) is 14.3. The molecule has 0 spiro atoms. The van der Waals surface area contributed by atoms with Gasteiger partial charge in [-0.3, -0.25) is 0 Å². The van der Waals surface area contributed by atoms with Gasteiger partial charge in [-0.1, -0.05) is 0 Å². The fourth-order valence-electron chi connectivity index (χ4n) is 1.11. The van der Waals surface area contributed by atoms with Crippen molar-refractivity contribution in [2.24, 2.45) is 0 Å². The quantitative estimate of drug-likeness (QED) is 0.602. The molecular formula is C11H25NOS. The van der Waals surface area contributed by atoms with E-state index in [0.29, 0.717) is 0 Å². The van der Waals surface area contributed by atoms with E-state index in [1.165, 1.54) is 18.6 Å². The molecule has 0 radical (unpaired) electrons. The lowest BCUT2D eigenvalue weighted by molar-refractivity contribution is 0.0159. The molecule has 0 aromatic heterocycles. The Morgan fingerprint density at radius 2 is 1.93 bits per heavy atom. The van der Waals surface area contributed by atoms with E-state index in [-0.39, 0.29) is 5.60 Å². The van der Waals surface area contributed by atoms with E-state index in [9.17, 15) is 0 Å². The van der Waals surface area contributed by atoms with Crippen LogP contribution in [-0.2, 0) is 4.74 Å². The molecule has 0 atom stereocenters. The van der Waals surface area contributed by atoms with E-state index in [0.717, 1.165) is 19.5 Å². The van der Waals surface area contributed by atoms with E-state index in [4.69, 9.17) is 4.74 Å². The summed E-state index contributed by atoms with van der Waals surface area (Å²) in [6.07, 6.45) is 5.84. The third-order valence-electron chi connectivity index (χ3n) is 2.41. The summed E-state index contributed by atoms with van der Waals surface area (Å²) in [6, 6.07) is 0. The van der Waals surface area contributed by atoms with Crippen LogP contribution in [0.3, 0.4) is 0 Å². The van der Waals surface area contributed by atoms with Crippen LogP contribution in [0.15, 0.2) is 0 Å². The highest BCUT2D eigenvalue weighted by Gasteiger charge is 2.14. The van der Waals surface area contributed by atoms with Crippen molar-refractivity contribution >= 4 is 11.8 Å². The Morgan fingerprint density at radius 3 is 2.50 bits per heavy atom. The van der Waals surface area contributed by atoms with Crippen LogP contribution in [0.2, 0.25) is 0 Å². The first-order valence-electron chi connectivity index (χ1n) is 5.37. The molecule has 0 rings (SSSR count).